The maximum atomic E-state index is 11.7. The molecular weight excluding hydrogens is 384 g/mol. The number of non-ortho nitro benzene ring substituents is 1. The molecule has 3 rings (SSSR count). The summed E-state index contributed by atoms with van der Waals surface area (Å²) in [4.78, 5) is 26.7. The van der Waals surface area contributed by atoms with E-state index in [1.54, 1.807) is 36.4 Å². The fraction of sp³-hybridized carbons (Fsp3) is 0. The molecule has 0 spiro atoms. The van der Waals surface area contributed by atoms with Crippen LogP contribution >= 0.6 is 27.5 Å². The fourth-order valence-electron chi connectivity index (χ4n) is 2.29. The lowest BCUT2D eigenvalue weighted by molar-refractivity contribution is -0.384. The van der Waals surface area contributed by atoms with Crippen molar-refractivity contribution in [1.82, 2.24) is 4.98 Å². The first-order chi connectivity index (χ1) is 11.0. The lowest BCUT2D eigenvalue weighted by atomic mass is 10.0. The summed E-state index contributed by atoms with van der Waals surface area (Å²) in [5, 5.41) is 10.9. The molecule has 0 atom stereocenters. The van der Waals surface area contributed by atoms with E-state index in [0.29, 0.717) is 27.7 Å². The first-order valence-corrected chi connectivity index (χ1v) is 7.68. The number of nitro groups is 1. The molecule has 0 aliphatic heterocycles. The minimum absolute atomic E-state index is 0.0426. The number of hydrogen-bond donors (Lipinski definition) is 0. The van der Waals surface area contributed by atoms with Crippen molar-refractivity contribution in [3.63, 3.8) is 0 Å². The summed E-state index contributed by atoms with van der Waals surface area (Å²) in [6.07, 6.45) is 0. The molecule has 0 saturated carbocycles. The van der Waals surface area contributed by atoms with Crippen LogP contribution in [0.2, 0.25) is 0 Å². The predicted octanol–water partition coefficient (Wildman–Crippen LogP) is 4.95. The van der Waals surface area contributed by atoms with Crippen molar-refractivity contribution >= 4 is 49.4 Å². The first kappa shape index (κ1) is 15.6. The van der Waals surface area contributed by atoms with Crippen LogP contribution in [0, 0.1) is 10.1 Å². The molecule has 1 aromatic heterocycles. The SMILES string of the molecule is O=C(Cl)c1cc(-c2cccc([N+](=O)[O-])c2)nc2ccc(Br)cc12. The summed E-state index contributed by atoms with van der Waals surface area (Å²) in [5.41, 5.74) is 1.84. The quantitative estimate of drug-likeness (QED) is 0.360. The normalized spacial score (nSPS) is 10.7. The van der Waals surface area contributed by atoms with Crippen LogP contribution in [0.15, 0.2) is 53.0 Å². The van der Waals surface area contributed by atoms with Crippen molar-refractivity contribution in [1.29, 1.82) is 0 Å². The molecule has 0 aliphatic rings. The highest BCUT2D eigenvalue weighted by Crippen LogP contribution is 2.29. The number of fused-ring (bicyclic) bond motifs is 1. The van der Waals surface area contributed by atoms with Crippen LogP contribution in [-0.2, 0) is 0 Å². The van der Waals surface area contributed by atoms with E-state index in [2.05, 4.69) is 20.9 Å². The van der Waals surface area contributed by atoms with E-state index in [-0.39, 0.29) is 5.69 Å². The lowest BCUT2D eigenvalue weighted by Crippen LogP contribution is -1.96. The van der Waals surface area contributed by atoms with E-state index < -0.39 is 10.2 Å². The van der Waals surface area contributed by atoms with Crippen molar-refractivity contribution < 1.29 is 9.72 Å². The topological polar surface area (TPSA) is 73.1 Å². The van der Waals surface area contributed by atoms with Crippen LogP contribution in [-0.4, -0.2) is 15.1 Å². The molecule has 114 valence electrons. The third-order valence-corrected chi connectivity index (χ3v) is 4.03. The Morgan fingerprint density at radius 1 is 1.17 bits per heavy atom. The standard InChI is InChI=1S/C16H8BrClN2O3/c17-10-4-5-14-12(7-10)13(16(18)21)8-15(19-14)9-2-1-3-11(6-9)20(22)23/h1-8H. The molecule has 1 heterocycles. The monoisotopic (exact) mass is 390 g/mol. The average Bonchev–Trinajstić information content (AvgIpc) is 2.53. The van der Waals surface area contributed by atoms with Gasteiger partial charge in [0.15, 0.2) is 0 Å². The number of benzene rings is 2. The molecule has 3 aromatic rings. The fourth-order valence-corrected chi connectivity index (χ4v) is 2.80. The third-order valence-electron chi connectivity index (χ3n) is 3.34. The van der Waals surface area contributed by atoms with Crippen LogP contribution in [0.4, 0.5) is 5.69 Å². The van der Waals surface area contributed by atoms with E-state index in [4.69, 9.17) is 11.6 Å². The second kappa shape index (κ2) is 6.06. The minimum atomic E-state index is -0.609. The van der Waals surface area contributed by atoms with Gasteiger partial charge in [0, 0.05) is 33.1 Å². The Balaban J connectivity index is 2.26. The number of aromatic nitrogens is 1. The van der Waals surface area contributed by atoms with Crippen molar-refractivity contribution in [2.45, 2.75) is 0 Å². The van der Waals surface area contributed by atoms with E-state index in [1.165, 1.54) is 12.1 Å². The van der Waals surface area contributed by atoms with Crippen molar-refractivity contribution in [3.05, 3.63) is 68.7 Å². The molecule has 7 heteroatoms. The van der Waals surface area contributed by atoms with Gasteiger partial charge in [-0.05, 0) is 35.9 Å². The Kier molecular flexibility index (Phi) is 4.11. The van der Waals surface area contributed by atoms with Crippen LogP contribution in [0.1, 0.15) is 10.4 Å². The van der Waals surface area contributed by atoms with Gasteiger partial charge in [-0.15, -0.1) is 0 Å². The molecule has 0 saturated heterocycles. The highest BCUT2D eigenvalue weighted by Gasteiger charge is 2.14. The smallest absolute Gasteiger partial charge is 0.270 e. The Morgan fingerprint density at radius 3 is 2.65 bits per heavy atom. The maximum Gasteiger partial charge on any atom is 0.270 e. The van der Waals surface area contributed by atoms with Crippen LogP contribution < -0.4 is 0 Å². The van der Waals surface area contributed by atoms with Crippen molar-refractivity contribution in [3.8, 4) is 11.3 Å². The van der Waals surface area contributed by atoms with Gasteiger partial charge in [-0.1, -0.05) is 28.1 Å². The maximum absolute atomic E-state index is 11.7. The summed E-state index contributed by atoms with van der Waals surface area (Å²) in [6, 6.07) is 12.9. The van der Waals surface area contributed by atoms with Crippen LogP contribution in [0.5, 0.6) is 0 Å². The summed E-state index contributed by atoms with van der Waals surface area (Å²) >= 11 is 9.03. The number of halogens is 2. The molecule has 2 aromatic carbocycles. The molecule has 0 unspecified atom stereocenters. The zero-order valence-electron chi connectivity index (χ0n) is 11.5. The Bertz CT molecular complexity index is 959. The summed E-state index contributed by atoms with van der Waals surface area (Å²) < 4.78 is 0.800. The third kappa shape index (κ3) is 3.09. The zero-order chi connectivity index (χ0) is 16.6. The number of rotatable bonds is 3. The number of hydrogen-bond acceptors (Lipinski definition) is 4. The van der Waals surface area contributed by atoms with Crippen molar-refractivity contribution in [2.24, 2.45) is 0 Å². The molecule has 0 fully saturated rings. The second-order valence-corrected chi connectivity index (χ2v) is 6.06. The van der Waals surface area contributed by atoms with Crippen LogP contribution in [0.3, 0.4) is 0 Å². The number of carbonyl (C=O) groups is 1. The first-order valence-electron chi connectivity index (χ1n) is 6.50. The molecule has 0 bridgehead atoms. The summed E-state index contributed by atoms with van der Waals surface area (Å²) in [5.74, 6) is 0. The molecule has 0 radical (unpaired) electrons. The summed E-state index contributed by atoms with van der Waals surface area (Å²) in [6.45, 7) is 0. The molecule has 23 heavy (non-hydrogen) atoms. The Labute approximate surface area is 144 Å². The lowest BCUT2D eigenvalue weighted by Gasteiger charge is -2.07. The van der Waals surface area contributed by atoms with Crippen LogP contribution in [0.25, 0.3) is 22.2 Å². The Hall–Kier alpha value is -2.31. The Morgan fingerprint density at radius 2 is 1.96 bits per heavy atom. The number of pyridine rings is 1. The van der Waals surface area contributed by atoms with E-state index in [1.807, 2.05) is 0 Å². The van der Waals surface area contributed by atoms with Gasteiger partial charge < -0.3 is 0 Å². The van der Waals surface area contributed by atoms with Gasteiger partial charge in [0.25, 0.3) is 10.9 Å². The molecule has 0 aliphatic carbocycles. The van der Waals surface area contributed by atoms with Crippen molar-refractivity contribution in [2.75, 3.05) is 0 Å². The molecular formula is C16H8BrClN2O3. The molecule has 5 nitrogen and oxygen atoms in total. The summed E-state index contributed by atoms with van der Waals surface area (Å²) in [7, 11) is 0. The number of nitrogens with zero attached hydrogens (tertiary/aromatic N) is 2. The largest absolute Gasteiger partial charge is 0.276 e. The minimum Gasteiger partial charge on any atom is -0.276 e. The average molecular weight is 392 g/mol. The highest BCUT2D eigenvalue weighted by molar-refractivity contribution is 9.10. The van der Waals surface area contributed by atoms with Gasteiger partial charge >= 0.3 is 0 Å². The van der Waals surface area contributed by atoms with Gasteiger partial charge in [0.05, 0.1) is 16.1 Å². The molecule has 0 N–H and O–H groups in total. The number of carbonyl (C=O) groups excluding carboxylic acids is 1. The van der Waals surface area contributed by atoms with Gasteiger partial charge in [0.2, 0.25) is 0 Å². The van der Waals surface area contributed by atoms with Gasteiger partial charge in [-0.3, -0.25) is 14.9 Å². The van der Waals surface area contributed by atoms with E-state index >= 15 is 0 Å². The van der Waals surface area contributed by atoms with E-state index in [9.17, 15) is 14.9 Å². The van der Waals surface area contributed by atoms with Gasteiger partial charge in [-0.2, -0.15) is 0 Å². The van der Waals surface area contributed by atoms with Gasteiger partial charge in [-0.25, -0.2) is 4.98 Å². The second-order valence-electron chi connectivity index (χ2n) is 4.80. The van der Waals surface area contributed by atoms with Gasteiger partial charge in [0.1, 0.15) is 0 Å². The van der Waals surface area contributed by atoms with E-state index in [0.717, 1.165) is 4.47 Å². The zero-order valence-corrected chi connectivity index (χ0v) is 13.8. The molecule has 0 amide bonds. The number of nitro benzene ring substituents is 1. The highest BCUT2D eigenvalue weighted by atomic mass is 79.9. The predicted molar refractivity (Wildman–Crippen MR) is 91.7 cm³/mol.